The van der Waals surface area contributed by atoms with E-state index in [0.29, 0.717) is 23.7 Å². The lowest BCUT2D eigenvalue weighted by Gasteiger charge is -2.45. The lowest BCUT2D eigenvalue weighted by atomic mass is 9.79. The Bertz CT molecular complexity index is 303. The van der Waals surface area contributed by atoms with Gasteiger partial charge in [-0.2, -0.15) is 9.78 Å². The molecule has 130 valence electrons. The Morgan fingerprint density at radius 2 is 0.864 bits per heavy atom. The van der Waals surface area contributed by atoms with Crippen LogP contribution in [0.2, 0.25) is 0 Å². The molecule has 0 bridgehead atoms. The summed E-state index contributed by atoms with van der Waals surface area (Å²) in [6, 6.07) is 0. The summed E-state index contributed by atoms with van der Waals surface area (Å²) in [4.78, 5) is 11.9. The summed E-state index contributed by atoms with van der Waals surface area (Å²) in [6.07, 6.45) is 5.94. The first kappa shape index (κ1) is 18.2. The van der Waals surface area contributed by atoms with Crippen LogP contribution in [0.3, 0.4) is 0 Å². The molecule has 0 aliphatic heterocycles. The molecule has 22 heavy (non-hydrogen) atoms. The number of hydrogen-bond acceptors (Lipinski definition) is 4. The van der Waals surface area contributed by atoms with Gasteiger partial charge in [0.05, 0.1) is 0 Å². The van der Waals surface area contributed by atoms with Crippen LogP contribution in [0.4, 0.5) is 0 Å². The number of methoxy groups -OCH3 is 2. The van der Waals surface area contributed by atoms with Crippen LogP contribution in [0.15, 0.2) is 0 Å². The van der Waals surface area contributed by atoms with Crippen LogP contribution in [0.5, 0.6) is 0 Å². The van der Waals surface area contributed by atoms with Crippen LogP contribution in [0.1, 0.15) is 66.2 Å². The van der Waals surface area contributed by atoms with Gasteiger partial charge in [0.2, 0.25) is 11.6 Å². The minimum absolute atomic E-state index is 0.579. The second kappa shape index (κ2) is 7.16. The zero-order valence-corrected chi connectivity index (χ0v) is 15.2. The topological polar surface area (TPSA) is 36.9 Å². The molecule has 4 atom stereocenters. The highest BCUT2D eigenvalue weighted by atomic mass is 17.3. The Morgan fingerprint density at radius 3 is 1.09 bits per heavy atom. The molecule has 0 heterocycles. The molecular weight excluding hydrogens is 280 g/mol. The van der Waals surface area contributed by atoms with Gasteiger partial charge in [0, 0.05) is 39.9 Å². The monoisotopic (exact) mass is 314 g/mol. The fraction of sp³-hybridized carbons (Fsp3) is 1.00. The minimum atomic E-state index is -0.632. The molecular formula is C18H34O4. The zero-order valence-electron chi connectivity index (χ0n) is 15.2. The summed E-state index contributed by atoms with van der Waals surface area (Å²) >= 11 is 0. The van der Waals surface area contributed by atoms with Crippen molar-refractivity contribution in [3.63, 3.8) is 0 Å². The van der Waals surface area contributed by atoms with E-state index in [0.717, 1.165) is 25.7 Å². The minimum Gasteiger partial charge on any atom is -0.351 e. The van der Waals surface area contributed by atoms with E-state index >= 15 is 0 Å². The van der Waals surface area contributed by atoms with E-state index in [4.69, 9.17) is 19.2 Å². The lowest BCUT2D eigenvalue weighted by Crippen LogP contribution is -2.48. The van der Waals surface area contributed by atoms with Crippen molar-refractivity contribution in [1.82, 2.24) is 0 Å². The SMILES string of the molecule is COC1(OOC2(OC)CC(C)CC(C)C2)CC(C)CC(C)C1. The Labute approximate surface area is 135 Å². The Balaban J connectivity index is 2.04. The smallest absolute Gasteiger partial charge is 0.201 e. The quantitative estimate of drug-likeness (QED) is 0.424. The molecule has 2 saturated carbocycles. The van der Waals surface area contributed by atoms with Gasteiger partial charge in [-0.1, -0.05) is 27.7 Å². The summed E-state index contributed by atoms with van der Waals surface area (Å²) in [5.41, 5.74) is 0. The highest BCUT2D eigenvalue weighted by Crippen LogP contribution is 2.43. The molecule has 0 aromatic rings. The van der Waals surface area contributed by atoms with Crippen molar-refractivity contribution in [1.29, 1.82) is 0 Å². The van der Waals surface area contributed by atoms with Crippen molar-refractivity contribution in [2.24, 2.45) is 23.7 Å². The van der Waals surface area contributed by atoms with Gasteiger partial charge in [0.25, 0.3) is 0 Å². The predicted molar refractivity (Wildman–Crippen MR) is 86.0 cm³/mol. The molecule has 0 saturated heterocycles. The zero-order chi connectivity index (χ0) is 16.4. The second-order valence-electron chi connectivity index (χ2n) is 8.10. The van der Waals surface area contributed by atoms with E-state index < -0.39 is 11.6 Å². The van der Waals surface area contributed by atoms with Gasteiger partial charge in [-0.25, -0.2) is 0 Å². The molecule has 4 unspecified atom stereocenters. The number of ether oxygens (including phenoxy) is 2. The summed E-state index contributed by atoms with van der Waals surface area (Å²) in [5.74, 6) is 1.05. The van der Waals surface area contributed by atoms with Gasteiger partial charge < -0.3 is 9.47 Å². The highest BCUT2D eigenvalue weighted by Gasteiger charge is 2.46. The van der Waals surface area contributed by atoms with Crippen LogP contribution >= 0.6 is 0 Å². The fourth-order valence-electron chi connectivity index (χ4n) is 4.69. The number of rotatable bonds is 5. The van der Waals surface area contributed by atoms with Crippen LogP contribution in [0, 0.1) is 23.7 Å². The lowest BCUT2D eigenvalue weighted by molar-refractivity contribution is -0.512. The molecule has 2 fully saturated rings. The van der Waals surface area contributed by atoms with Crippen molar-refractivity contribution in [2.45, 2.75) is 77.8 Å². The standard InChI is InChI=1S/C18H34O4/c1-13-7-14(2)10-17(9-13,19-5)21-22-18(20-6)11-15(3)8-16(4)12-18/h13-16H,7-12H2,1-6H3. The van der Waals surface area contributed by atoms with Crippen molar-refractivity contribution < 1.29 is 19.2 Å². The maximum atomic E-state index is 5.94. The van der Waals surface area contributed by atoms with Gasteiger partial charge >= 0.3 is 0 Å². The molecule has 0 aromatic carbocycles. The van der Waals surface area contributed by atoms with E-state index in [2.05, 4.69) is 27.7 Å². The predicted octanol–water partition coefficient (Wildman–Crippen LogP) is 4.53. The summed E-state index contributed by atoms with van der Waals surface area (Å²) in [6.45, 7) is 9.01. The third kappa shape index (κ3) is 4.22. The molecule has 2 aliphatic carbocycles. The first-order chi connectivity index (χ1) is 10.3. The average Bonchev–Trinajstić information content (AvgIpc) is 2.43. The van der Waals surface area contributed by atoms with Crippen molar-refractivity contribution in [2.75, 3.05) is 14.2 Å². The summed E-state index contributed by atoms with van der Waals surface area (Å²) < 4.78 is 11.5. The molecule has 0 amide bonds. The average molecular weight is 314 g/mol. The van der Waals surface area contributed by atoms with E-state index in [9.17, 15) is 0 Å². The molecule has 2 rings (SSSR count). The third-order valence-electron chi connectivity index (χ3n) is 5.34. The molecule has 2 aliphatic rings. The maximum absolute atomic E-state index is 5.94. The van der Waals surface area contributed by atoms with Crippen LogP contribution in [-0.4, -0.2) is 25.8 Å². The molecule has 4 heteroatoms. The molecule has 0 aromatic heterocycles. The molecule has 4 nitrogen and oxygen atoms in total. The Kier molecular flexibility index (Phi) is 5.92. The first-order valence-electron chi connectivity index (χ1n) is 8.79. The second-order valence-corrected chi connectivity index (χ2v) is 8.10. The third-order valence-corrected chi connectivity index (χ3v) is 5.34. The van der Waals surface area contributed by atoms with Crippen LogP contribution in [0.25, 0.3) is 0 Å². The number of hydrogen-bond donors (Lipinski definition) is 0. The van der Waals surface area contributed by atoms with Crippen molar-refractivity contribution in [3.05, 3.63) is 0 Å². The van der Waals surface area contributed by atoms with Gasteiger partial charge in [-0.05, 0) is 36.5 Å². The molecule has 0 N–H and O–H groups in total. The van der Waals surface area contributed by atoms with E-state index in [1.807, 2.05) is 0 Å². The summed E-state index contributed by atoms with van der Waals surface area (Å²) in [7, 11) is 3.44. The normalized spacial score (nSPS) is 46.6. The fourth-order valence-corrected chi connectivity index (χ4v) is 4.69. The van der Waals surface area contributed by atoms with Gasteiger partial charge in [-0.15, -0.1) is 0 Å². The Morgan fingerprint density at radius 1 is 0.591 bits per heavy atom. The largest absolute Gasteiger partial charge is 0.351 e. The van der Waals surface area contributed by atoms with Crippen molar-refractivity contribution >= 4 is 0 Å². The van der Waals surface area contributed by atoms with Crippen molar-refractivity contribution in [3.8, 4) is 0 Å². The van der Waals surface area contributed by atoms with Gasteiger partial charge in [0.1, 0.15) is 0 Å². The van der Waals surface area contributed by atoms with Gasteiger partial charge in [0.15, 0.2) is 0 Å². The van der Waals surface area contributed by atoms with E-state index in [1.165, 1.54) is 12.8 Å². The highest BCUT2D eigenvalue weighted by molar-refractivity contribution is 4.84. The van der Waals surface area contributed by atoms with Gasteiger partial charge in [-0.3, -0.25) is 0 Å². The molecule has 0 spiro atoms. The van der Waals surface area contributed by atoms with E-state index in [-0.39, 0.29) is 0 Å². The summed E-state index contributed by atoms with van der Waals surface area (Å²) in [5, 5.41) is 0. The first-order valence-corrected chi connectivity index (χ1v) is 8.79. The van der Waals surface area contributed by atoms with Crippen LogP contribution in [-0.2, 0) is 19.2 Å². The van der Waals surface area contributed by atoms with E-state index in [1.54, 1.807) is 14.2 Å². The van der Waals surface area contributed by atoms with Crippen LogP contribution < -0.4 is 0 Å². The Hall–Kier alpha value is -0.160. The molecule has 0 radical (unpaired) electrons. The maximum Gasteiger partial charge on any atom is 0.201 e.